The minimum absolute atomic E-state index is 0.0109. The highest BCUT2D eigenvalue weighted by molar-refractivity contribution is 6.11. The fourth-order valence-electron chi connectivity index (χ4n) is 7.15. The molecule has 7 aromatic rings. The first-order valence-electron chi connectivity index (χ1n) is 17.6. The van der Waals surface area contributed by atoms with Crippen LogP contribution in [0.2, 0.25) is 0 Å². The average molecular weight is 661 g/mol. The van der Waals surface area contributed by atoms with Crippen LogP contribution < -0.4 is 4.74 Å². The molecule has 0 unspecified atom stereocenters. The van der Waals surface area contributed by atoms with E-state index in [9.17, 15) is 0 Å². The number of ether oxygens (including phenoxy) is 1. The predicted octanol–water partition coefficient (Wildman–Crippen LogP) is 11.7. The van der Waals surface area contributed by atoms with E-state index in [-0.39, 0.29) is 16.2 Å². The number of para-hydroxylation sites is 1. The summed E-state index contributed by atoms with van der Waals surface area (Å²) in [6, 6.07) is 36.8. The van der Waals surface area contributed by atoms with Gasteiger partial charge in [0, 0.05) is 40.2 Å². The fourth-order valence-corrected chi connectivity index (χ4v) is 7.15. The number of pyridine rings is 1. The molecule has 0 aliphatic heterocycles. The molecule has 0 saturated carbocycles. The van der Waals surface area contributed by atoms with E-state index in [1.54, 1.807) is 0 Å². The SMILES string of the molecule is Cc1cc(C)n(-c2cc(Oc3cc(C(C)(C)C)c4c5ccccc5n(-c5cc(C(C)(C)C)ccn5)c4c3)cc(C(C)(C)c3ccccc3)c2)n1. The van der Waals surface area contributed by atoms with Crippen LogP contribution in [-0.4, -0.2) is 19.3 Å². The molecule has 0 atom stereocenters. The number of rotatable bonds is 6. The van der Waals surface area contributed by atoms with Crippen LogP contribution in [0.3, 0.4) is 0 Å². The number of nitrogens with zero attached hydrogens (tertiary/aromatic N) is 4. The number of benzene rings is 4. The molecule has 7 rings (SSSR count). The van der Waals surface area contributed by atoms with Crippen molar-refractivity contribution in [2.75, 3.05) is 0 Å². The summed E-state index contributed by atoms with van der Waals surface area (Å²) in [4.78, 5) is 4.94. The lowest BCUT2D eigenvalue weighted by Crippen LogP contribution is -2.19. The van der Waals surface area contributed by atoms with Gasteiger partial charge in [-0.1, -0.05) is 104 Å². The van der Waals surface area contributed by atoms with Gasteiger partial charge < -0.3 is 4.74 Å². The van der Waals surface area contributed by atoms with Crippen molar-refractivity contribution in [3.05, 3.63) is 143 Å². The number of hydrogen-bond acceptors (Lipinski definition) is 3. The highest BCUT2D eigenvalue weighted by Gasteiger charge is 2.27. The maximum Gasteiger partial charge on any atom is 0.137 e. The van der Waals surface area contributed by atoms with E-state index >= 15 is 0 Å². The van der Waals surface area contributed by atoms with Gasteiger partial charge in [-0.15, -0.1) is 0 Å². The summed E-state index contributed by atoms with van der Waals surface area (Å²) in [6.45, 7) is 22.2. The summed E-state index contributed by atoms with van der Waals surface area (Å²) in [5, 5.41) is 7.29. The monoisotopic (exact) mass is 660 g/mol. The number of hydrogen-bond donors (Lipinski definition) is 0. The average Bonchev–Trinajstić information content (AvgIpc) is 3.59. The third-order valence-corrected chi connectivity index (χ3v) is 9.99. The van der Waals surface area contributed by atoms with Gasteiger partial charge in [-0.3, -0.25) is 4.57 Å². The van der Waals surface area contributed by atoms with Crippen LogP contribution in [0.4, 0.5) is 0 Å². The number of fused-ring (bicyclic) bond motifs is 3. The van der Waals surface area contributed by atoms with Gasteiger partial charge in [-0.05, 0) is 89.4 Å². The third-order valence-electron chi connectivity index (χ3n) is 9.99. The van der Waals surface area contributed by atoms with Crippen LogP contribution >= 0.6 is 0 Å². The molecule has 5 heteroatoms. The Balaban J connectivity index is 1.46. The summed E-state index contributed by atoms with van der Waals surface area (Å²) < 4.78 is 11.3. The molecule has 0 saturated heterocycles. The van der Waals surface area contributed by atoms with Crippen molar-refractivity contribution in [3.8, 4) is 23.0 Å². The van der Waals surface area contributed by atoms with Crippen molar-refractivity contribution in [1.82, 2.24) is 19.3 Å². The van der Waals surface area contributed by atoms with E-state index in [4.69, 9.17) is 14.8 Å². The Morgan fingerprint density at radius 2 is 1.30 bits per heavy atom. The normalized spacial score (nSPS) is 12.6. The lowest BCUT2D eigenvalue weighted by molar-refractivity contribution is 0.476. The molecule has 4 aromatic carbocycles. The molecular formula is C45H48N4O. The van der Waals surface area contributed by atoms with E-state index in [0.29, 0.717) is 0 Å². The van der Waals surface area contributed by atoms with Crippen molar-refractivity contribution < 1.29 is 4.74 Å². The Bertz CT molecular complexity index is 2360. The van der Waals surface area contributed by atoms with E-state index < -0.39 is 0 Å². The zero-order chi connectivity index (χ0) is 35.6. The Labute approximate surface area is 296 Å². The lowest BCUT2D eigenvalue weighted by Gasteiger charge is -2.27. The highest BCUT2D eigenvalue weighted by Crippen LogP contribution is 2.43. The highest BCUT2D eigenvalue weighted by atomic mass is 16.5. The minimum Gasteiger partial charge on any atom is -0.457 e. The maximum absolute atomic E-state index is 6.99. The van der Waals surface area contributed by atoms with Gasteiger partial charge in [0.1, 0.15) is 17.3 Å². The zero-order valence-electron chi connectivity index (χ0n) is 31.1. The molecule has 0 aliphatic carbocycles. The van der Waals surface area contributed by atoms with Gasteiger partial charge in [-0.2, -0.15) is 5.10 Å². The van der Waals surface area contributed by atoms with E-state index in [1.165, 1.54) is 27.5 Å². The largest absolute Gasteiger partial charge is 0.457 e. The summed E-state index contributed by atoms with van der Waals surface area (Å²) in [6.07, 6.45) is 1.93. The van der Waals surface area contributed by atoms with Crippen molar-refractivity contribution in [2.45, 2.75) is 85.5 Å². The van der Waals surface area contributed by atoms with Gasteiger partial charge >= 0.3 is 0 Å². The molecule has 5 nitrogen and oxygen atoms in total. The predicted molar refractivity (Wildman–Crippen MR) is 208 cm³/mol. The van der Waals surface area contributed by atoms with Gasteiger partial charge in [0.05, 0.1) is 22.4 Å². The van der Waals surface area contributed by atoms with Gasteiger partial charge in [0.2, 0.25) is 0 Å². The summed E-state index contributed by atoms with van der Waals surface area (Å²) >= 11 is 0. The molecule has 254 valence electrons. The molecular weight excluding hydrogens is 613 g/mol. The van der Waals surface area contributed by atoms with Gasteiger partial charge in [-0.25, -0.2) is 9.67 Å². The van der Waals surface area contributed by atoms with E-state index in [1.807, 2.05) is 17.8 Å². The van der Waals surface area contributed by atoms with E-state index in [0.717, 1.165) is 51.0 Å². The smallest absolute Gasteiger partial charge is 0.137 e. The van der Waals surface area contributed by atoms with E-state index in [2.05, 4.69) is 170 Å². The number of aryl methyl sites for hydroxylation is 2. The van der Waals surface area contributed by atoms with Crippen LogP contribution in [0, 0.1) is 13.8 Å². The Hall–Kier alpha value is -5.16. The minimum atomic E-state index is -0.276. The summed E-state index contributed by atoms with van der Waals surface area (Å²) in [5.41, 5.74) is 9.66. The third kappa shape index (κ3) is 6.00. The first-order valence-corrected chi connectivity index (χ1v) is 17.6. The second-order valence-electron chi connectivity index (χ2n) is 16.3. The molecule has 50 heavy (non-hydrogen) atoms. The maximum atomic E-state index is 6.99. The molecule has 0 aliphatic rings. The summed E-state index contributed by atoms with van der Waals surface area (Å²) in [5.74, 6) is 2.45. The quantitative estimate of drug-likeness (QED) is 0.178. The van der Waals surface area contributed by atoms with Crippen LogP contribution in [-0.2, 0) is 16.2 Å². The molecule has 0 spiro atoms. The Morgan fingerprint density at radius 1 is 0.600 bits per heavy atom. The second-order valence-corrected chi connectivity index (χ2v) is 16.3. The van der Waals surface area contributed by atoms with Gasteiger partial charge in [0.25, 0.3) is 0 Å². The van der Waals surface area contributed by atoms with Crippen LogP contribution in [0.25, 0.3) is 33.3 Å². The molecule has 0 fully saturated rings. The van der Waals surface area contributed by atoms with Crippen molar-refractivity contribution >= 4 is 21.8 Å². The molecule has 0 bridgehead atoms. The molecule has 3 aromatic heterocycles. The van der Waals surface area contributed by atoms with Crippen molar-refractivity contribution in [3.63, 3.8) is 0 Å². The first kappa shape index (κ1) is 33.3. The number of aromatic nitrogens is 4. The first-order chi connectivity index (χ1) is 23.6. The Kier molecular flexibility index (Phi) is 8.01. The van der Waals surface area contributed by atoms with Crippen molar-refractivity contribution in [2.24, 2.45) is 0 Å². The molecule has 0 amide bonds. The molecule has 0 radical (unpaired) electrons. The molecule has 0 N–H and O–H groups in total. The van der Waals surface area contributed by atoms with Crippen LogP contribution in [0.5, 0.6) is 11.5 Å². The lowest BCUT2D eigenvalue weighted by atomic mass is 9.78. The molecule has 3 heterocycles. The standard InChI is InChI=1S/C45H48N4O/c1-29-22-30(2)49(47-29)34-23-33(45(9,10)31-16-12-11-13-17-31)24-35(26-34)50-36-27-38(44(6,7)8)42-37-18-14-15-19-39(37)48(40(42)28-36)41-25-32(20-21-46-41)43(3,4)5/h11-28H,1-10H3. The second kappa shape index (κ2) is 12.0. The van der Waals surface area contributed by atoms with Gasteiger partial charge in [0.15, 0.2) is 0 Å². The topological polar surface area (TPSA) is 44.9 Å². The van der Waals surface area contributed by atoms with Crippen LogP contribution in [0.1, 0.15) is 89.0 Å². The van der Waals surface area contributed by atoms with Crippen molar-refractivity contribution in [1.29, 1.82) is 0 Å². The Morgan fingerprint density at radius 3 is 1.98 bits per heavy atom. The zero-order valence-corrected chi connectivity index (χ0v) is 31.1. The summed E-state index contributed by atoms with van der Waals surface area (Å²) in [7, 11) is 0. The fraction of sp³-hybridized carbons (Fsp3) is 0.289. The van der Waals surface area contributed by atoms with Crippen LogP contribution in [0.15, 0.2) is 109 Å².